The summed E-state index contributed by atoms with van der Waals surface area (Å²) in [6, 6.07) is 5.76. The highest BCUT2D eigenvalue weighted by Crippen LogP contribution is 2.31. The van der Waals surface area contributed by atoms with E-state index in [9.17, 15) is 0 Å². The zero-order chi connectivity index (χ0) is 9.38. The molecule has 1 saturated carbocycles. The van der Waals surface area contributed by atoms with Gasteiger partial charge in [-0.15, -0.1) is 0 Å². The lowest BCUT2D eigenvalue weighted by atomic mass is 10.3. The number of hydrogen-bond acceptors (Lipinski definition) is 3. The lowest BCUT2D eigenvalue weighted by Gasteiger charge is -2.04. The van der Waals surface area contributed by atoms with E-state index < -0.39 is 0 Å². The molecule has 0 amide bonds. The summed E-state index contributed by atoms with van der Waals surface area (Å²) in [4.78, 5) is 4.13. The number of ether oxygens (including phenoxy) is 1. The Morgan fingerprint density at radius 2 is 2.36 bits per heavy atom. The van der Waals surface area contributed by atoms with Crippen LogP contribution >= 0.6 is 0 Å². The van der Waals surface area contributed by atoms with Gasteiger partial charge in [-0.05, 0) is 30.9 Å². The lowest BCUT2D eigenvalue weighted by Crippen LogP contribution is -1.99. The second-order valence-corrected chi connectivity index (χ2v) is 3.71. The molecule has 0 spiro atoms. The third kappa shape index (κ3) is 1.35. The van der Waals surface area contributed by atoms with Crippen molar-refractivity contribution in [2.75, 3.05) is 6.61 Å². The SMILES string of the molecule is c1cc(OCC2CC2)c2ncoc2c1. The first-order valence-electron chi connectivity index (χ1n) is 4.88. The molecule has 3 nitrogen and oxygen atoms in total. The first kappa shape index (κ1) is 7.85. The summed E-state index contributed by atoms with van der Waals surface area (Å²) in [5.74, 6) is 1.60. The van der Waals surface area contributed by atoms with Crippen LogP contribution in [0, 0.1) is 5.92 Å². The lowest BCUT2D eigenvalue weighted by molar-refractivity contribution is 0.302. The minimum atomic E-state index is 0.761. The molecule has 14 heavy (non-hydrogen) atoms. The summed E-state index contributed by atoms with van der Waals surface area (Å²) in [5, 5.41) is 0. The van der Waals surface area contributed by atoms with Crippen molar-refractivity contribution in [3.63, 3.8) is 0 Å². The van der Waals surface area contributed by atoms with Crippen LogP contribution in [0.2, 0.25) is 0 Å². The largest absolute Gasteiger partial charge is 0.491 e. The molecule has 0 N–H and O–H groups in total. The second-order valence-electron chi connectivity index (χ2n) is 3.71. The van der Waals surface area contributed by atoms with Crippen LogP contribution < -0.4 is 4.74 Å². The second kappa shape index (κ2) is 3.01. The third-order valence-electron chi connectivity index (χ3n) is 2.49. The minimum Gasteiger partial charge on any atom is -0.491 e. The van der Waals surface area contributed by atoms with E-state index in [-0.39, 0.29) is 0 Å². The number of benzene rings is 1. The van der Waals surface area contributed by atoms with Gasteiger partial charge in [-0.3, -0.25) is 0 Å². The smallest absolute Gasteiger partial charge is 0.182 e. The maximum Gasteiger partial charge on any atom is 0.182 e. The Labute approximate surface area is 81.7 Å². The quantitative estimate of drug-likeness (QED) is 0.744. The molecule has 72 valence electrons. The summed E-state index contributed by atoms with van der Waals surface area (Å²) < 4.78 is 10.9. The van der Waals surface area contributed by atoms with E-state index >= 15 is 0 Å². The van der Waals surface area contributed by atoms with Crippen LogP contribution in [0.1, 0.15) is 12.8 Å². The van der Waals surface area contributed by atoms with Gasteiger partial charge in [0.15, 0.2) is 17.5 Å². The topological polar surface area (TPSA) is 35.3 Å². The van der Waals surface area contributed by atoms with Crippen molar-refractivity contribution in [3.05, 3.63) is 24.6 Å². The number of oxazole rings is 1. The van der Waals surface area contributed by atoms with Gasteiger partial charge in [-0.2, -0.15) is 0 Å². The molecule has 1 aliphatic rings. The fourth-order valence-corrected chi connectivity index (χ4v) is 1.47. The van der Waals surface area contributed by atoms with Gasteiger partial charge in [0.25, 0.3) is 0 Å². The van der Waals surface area contributed by atoms with E-state index in [4.69, 9.17) is 9.15 Å². The van der Waals surface area contributed by atoms with Crippen LogP contribution in [0.4, 0.5) is 0 Å². The van der Waals surface area contributed by atoms with E-state index in [1.54, 1.807) is 0 Å². The van der Waals surface area contributed by atoms with Gasteiger partial charge in [0.2, 0.25) is 0 Å². The number of hydrogen-bond donors (Lipinski definition) is 0. The molecule has 0 bridgehead atoms. The van der Waals surface area contributed by atoms with Gasteiger partial charge >= 0.3 is 0 Å². The van der Waals surface area contributed by atoms with Crippen molar-refractivity contribution in [2.45, 2.75) is 12.8 Å². The van der Waals surface area contributed by atoms with E-state index in [1.807, 2.05) is 18.2 Å². The van der Waals surface area contributed by atoms with Crippen LogP contribution in [0.5, 0.6) is 5.75 Å². The molecule has 1 fully saturated rings. The standard InChI is InChI=1S/C11H11NO2/c1-2-9(13-6-8-4-5-8)11-10(3-1)14-7-12-11/h1-3,7-8H,4-6H2. The molecule has 0 radical (unpaired) electrons. The van der Waals surface area contributed by atoms with Gasteiger partial charge in [-0.1, -0.05) is 6.07 Å². The van der Waals surface area contributed by atoms with Crippen LogP contribution in [-0.2, 0) is 0 Å². The van der Waals surface area contributed by atoms with Gasteiger partial charge < -0.3 is 9.15 Å². The van der Waals surface area contributed by atoms with Gasteiger partial charge in [-0.25, -0.2) is 4.98 Å². The molecule has 0 unspecified atom stereocenters. The van der Waals surface area contributed by atoms with Crippen LogP contribution in [0.25, 0.3) is 11.1 Å². The van der Waals surface area contributed by atoms with Crippen molar-refractivity contribution in [2.24, 2.45) is 5.92 Å². The first-order chi connectivity index (χ1) is 6.93. The zero-order valence-electron chi connectivity index (χ0n) is 7.77. The molecule has 0 atom stereocenters. The maximum atomic E-state index is 5.68. The molecule has 0 saturated heterocycles. The summed E-state index contributed by atoms with van der Waals surface area (Å²) in [6.45, 7) is 0.811. The molecule has 3 rings (SSSR count). The highest BCUT2D eigenvalue weighted by atomic mass is 16.5. The minimum absolute atomic E-state index is 0.761. The van der Waals surface area contributed by atoms with Crippen molar-refractivity contribution in [1.29, 1.82) is 0 Å². The summed E-state index contributed by atoms with van der Waals surface area (Å²) in [7, 11) is 0. The molecule has 1 aromatic heterocycles. The van der Waals surface area contributed by atoms with Gasteiger partial charge in [0.05, 0.1) is 6.61 Å². The fraction of sp³-hybridized carbons (Fsp3) is 0.364. The number of para-hydroxylation sites is 1. The van der Waals surface area contributed by atoms with Crippen molar-refractivity contribution in [1.82, 2.24) is 4.98 Å². The Hall–Kier alpha value is -1.51. The van der Waals surface area contributed by atoms with Crippen molar-refractivity contribution >= 4 is 11.1 Å². The first-order valence-corrected chi connectivity index (χ1v) is 4.88. The van der Waals surface area contributed by atoms with Crippen LogP contribution in [-0.4, -0.2) is 11.6 Å². The van der Waals surface area contributed by atoms with Crippen molar-refractivity contribution in [3.8, 4) is 5.75 Å². The average molecular weight is 189 g/mol. The van der Waals surface area contributed by atoms with Crippen LogP contribution in [0.3, 0.4) is 0 Å². The molecular formula is C11H11NO2. The predicted octanol–water partition coefficient (Wildman–Crippen LogP) is 2.62. The summed E-state index contributed by atoms with van der Waals surface area (Å²) in [5.41, 5.74) is 1.62. The molecule has 3 heteroatoms. The summed E-state index contributed by atoms with van der Waals surface area (Å²) in [6.07, 6.45) is 4.05. The van der Waals surface area contributed by atoms with Crippen LogP contribution in [0.15, 0.2) is 29.0 Å². The Balaban J connectivity index is 1.89. The van der Waals surface area contributed by atoms with Gasteiger partial charge in [0.1, 0.15) is 5.75 Å². The molecule has 0 aliphatic heterocycles. The molecule has 2 aromatic rings. The number of aromatic nitrogens is 1. The highest BCUT2D eigenvalue weighted by molar-refractivity contribution is 5.79. The highest BCUT2D eigenvalue weighted by Gasteiger charge is 2.22. The van der Waals surface area contributed by atoms with E-state index in [2.05, 4.69) is 4.98 Å². The van der Waals surface area contributed by atoms with E-state index in [1.165, 1.54) is 19.2 Å². The third-order valence-corrected chi connectivity index (χ3v) is 2.49. The zero-order valence-corrected chi connectivity index (χ0v) is 7.77. The number of nitrogens with zero attached hydrogens (tertiary/aromatic N) is 1. The Bertz CT molecular complexity index is 445. The Kier molecular flexibility index (Phi) is 1.69. The Morgan fingerprint density at radius 1 is 1.43 bits per heavy atom. The van der Waals surface area contributed by atoms with E-state index in [0.717, 1.165) is 29.4 Å². The molecular weight excluding hydrogens is 178 g/mol. The van der Waals surface area contributed by atoms with Crippen molar-refractivity contribution < 1.29 is 9.15 Å². The fourth-order valence-electron chi connectivity index (χ4n) is 1.47. The van der Waals surface area contributed by atoms with E-state index in [0.29, 0.717) is 0 Å². The molecule has 1 aromatic carbocycles. The average Bonchev–Trinajstić information content (AvgIpc) is 2.91. The monoisotopic (exact) mass is 189 g/mol. The maximum absolute atomic E-state index is 5.68. The molecule has 1 aliphatic carbocycles. The normalized spacial score (nSPS) is 16.0. The van der Waals surface area contributed by atoms with Gasteiger partial charge in [0, 0.05) is 0 Å². The predicted molar refractivity (Wildman–Crippen MR) is 52.2 cm³/mol. The molecule has 1 heterocycles. The summed E-state index contributed by atoms with van der Waals surface area (Å²) >= 11 is 0. The number of fused-ring (bicyclic) bond motifs is 1. The number of rotatable bonds is 3. The Morgan fingerprint density at radius 3 is 3.21 bits per heavy atom.